The Kier molecular flexibility index (Phi) is 3.05. The number of halogens is 1. The van der Waals surface area contributed by atoms with E-state index in [0.29, 0.717) is 5.69 Å². The first kappa shape index (κ1) is 10.9. The lowest BCUT2D eigenvalue weighted by atomic mass is 10.3. The Balaban J connectivity index is 2.14. The second kappa shape index (κ2) is 4.49. The van der Waals surface area contributed by atoms with Crippen molar-refractivity contribution in [1.29, 1.82) is 0 Å². The summed E-state index contributed by atoms with van der Waals surface area (Å²) in [4.78, 5) is 11.8. The Morgan fingerprint density at radius 1 is 1.31 bits per heavy atom. The maximum atomic E-state index is 11.8. The molecule has 2 rings (SSSR count). The van der Waals surface area contributed by atoms with E-state index in [1.54, 1.807) is 19.3 Å². The molecule has 82 valence electrons. The normalized spacial score (nSPS) is 10.1. The number of nitrogens with one attached hydrogen (secondary N) is 1. The first-order chi connectivity index (χ1) is 7.66. The quantitative estimate of drug-likeness (QED) is 0.918. The molecule has 1 N–H and O–H groups in total. The van der Waals surface area contributed by atoms with Gasteiger partial charge < -0.3 is 5.32 Å². The van der Waals surface area contributed by atoms with Crippen LogP contribution in [0.3, 0.4) is 0 Å². The SMILES string of the molecule is Cn1nccc1C(=O)Nc1ccc(Br)cc1. The third kappa shape index (κ3) is 2.30. The smallest absolute Gasteiger partial charge is 0.273 e. The van der Waals surface area contributed by atoms with Crippen LogP contribution in [-0.4, -0.2) is 15.7 Å². The summed E-state index contributed by atoms with van der Waals surface area (Å²) in [5, 5.41) is 6.73. The highest BCUT2D eigenvalue weighted by atomic mass is 79.9. The van der Waals surface area contributed by atoms with Crippen molar-refractivity contribution in [2.45, 2.75) is 0 Å². The van der Waals surface area contributed by atoms with Crippen molar-refractivity contribution in [3.63, 3.8) is 0 Å². The molecule has 0 aliphatic heterocycles. The van der Waals surface area contributed by atoms with E-state index >= 15 is 0 Å². The van der Waals surface area contributed by atoms with Crippen molar-refractivity contribution >= 4 is 27.5 Å². The number of aromatic nitrogens is 2. The monoisotopic (exact) mass is 279 g/mol. The predicted octanol–water partition coefficient (Wildman–Crippen LogP) is 2.43. The Morgan fingerprint density at radius 2 is 2.00 bits per heavy atom. The summed E-state index contributed by atoms with van der Waals surface area (Å²) >= 11 is 3.34. The topological polar surface area (TPSA) is 46.9 Å². The van der Waals surface area contributed by atoms with Crippen LogP contribution in [0.15, 0.2) is 41.0 Å². The molecule has 0 unspecified atom stereocenters. The van der Waals surface area contributed by atoms with Crippen molar-refractivity contribution in [1.82, 2.24) is 9.78 Å². The summed E-state index contributed by atoms with van der Waals surface area (Å²) in [5.41, 5.74) is 1.29. The standard InChI is InChI=1S/C11H10BrN3O/c1-15-10(6-7-13-15)11(16)14-9-4-2-8(12)3-5-9/h2-7H,1H3,(H,14,16). The molecule has 1 amide bonds. The second-order valence-electron chi connectivity index (χ2n) is 3.30. The fourth-order valence-electron chi connectivity index (χ4n) is 1.33. The third-order valence-electron chi connectivity index (χ3n) is 2.16. The van der Waals surface area contributed by atoms with Gasteiger partial charge in [-0.2, -0.15) is 5.10 Å². The fourth-order valence-corrected chi connectivity index (χ4v) is 1.59. The largest absolute Gasteiger partial charge is 0.321 e. The van der Waals surface area contributed by atoms with Crippen molar-refractivity contribution in [2.24, 2.45) is 7.05 Å². The van der Waals surface area contributed by atoms with Crippen LogP contribution in [-0.2, 0) is 7.05 Å². The molecule has 0 fully saturated rings. The lowest BCUT2D eigenvalue weighted by Crippen LogP contribution is -2.15. The van der Waals surface area contributed by atoms with Gasteiger partial charge in [-0.3, -0.25) is 9.48 Å². The molecule has 0 saturated carbocycles. The van der Waals surface area contributed by atoms with Crippen LogP contribution in [0.5, 0.6) is 0 Å². The van der Waals surface area contributed by atoms with Gasteiger partial charge in [0, 0.05) is 23.4 Å². The Morgan fingerprint density at radius 3 is 2.56 bits per heavy atom. The first-order valence-electron chi connectivity index (χ1n) is 4.72. The van der Waals surface area contributed by atoms with Gasteiger partial charge in [0.25, 0.3) is 5.91 Å². The fraction of sp³-hybridized carbons (Fsp3) is 0.0909. The molecule has 0 atom stereocenters. The number of anilines is 1. The molecule has 4 nitrogen and oxygen atoms in total. The molecule has 0 aliphatic rings. The molecular weight excluding hydrogens is 270 g/mol. The first-order valence-corrected chi connectivity index (χ1v) is 5.51. The summed E-state index contributed by atoms with van der Waals surface area (Å²) < 4.78 is 2.51. The minimum absolute atomic E-state index is 0.165. The molecule has 0 aliphatic carbocycles. The van der Waals surface area contributed by atoms with E-state index in [1.807, 2.05) is 24.3 Å². The summed E-state index contributed by atoms with van der Waals surface area (Å²) in [6.45, 7) is 0. The van der Waals surface area contributed by atoms with Crippen LogP contribution in [0, 0.1) is 0 Å². The van der Waals surface area contributed by atoms with E-state index in [0.717, 1.165) is 10.2 Å². The number of rotatable bonds is 2. The van der Waals surface area contributed by atoms with Crippen LogP contribution in [0.1, 0.15) is 10.5 Å². The summed E-state index contributed by atoms with van der Waals surface area (Å²) in [7, 11) is 1.73. The number of nitrogens with zero attached hydrogens (tertiary/aromatic N) is 2. The number of hydrogen-bond donors (Lipinski definition) is 1. The average Bonchev–Trinajstić information content (AvgIpc) is 2.68. The Labute approximate surface area is 101 Å². The van der Waals surface area contributed by atoms with E-state index in [9.17, 15) is 4.79 Å². The highest BCUT2D eigenvalue weighted by Crippen LogP contribution is 2.14. The summed E-state index contributed by atoms with van der Waals surface area (Å²) in [5.74, 6) is -0.165. The predicted molar refractivity (Wildman–Crippen MR) is 65.3 cm³/mol. The number of amides is 1. The van der Waals surface area contributed by atoms with Gasteiger partial charge in [0.1, 0.15) is 5.69 Å². The lowest BCUT2D eigenvalue weighted by molar-refractivity contribution is 0.101. The van der Waals surface area contributed by atoms with E-state index < -0.39 is 0 Å². The number of aryl methyl sites for hydroxylation is 1. The zero-order valence-corrected chi connectivity index (χ0v) is 10.2. The van der Waals surface area contributed by atoms with Gasteiger partial charge in [0.05, 0.1) is 0 Å². The van der Waals surface area contributed by atoms with E-state index in [-0.39, 0.29) is 5.91 Å². The van der Waals surface area contributed by atoms with E-state index in [1.165, 1.54) is 4.68 Å². The van der Waals surface area contributed by atoms with Crippen molar-refractivity contribution in [3.8, 4) is 0 Å². The van der Waals surface area contributed by atoms with Crippen LogP contribution in [0.2, 0.25) is 0 Å². The summed E-state index contributed by atoms with van der Waals surface area (Å²) in [6, 6.07) is 9.09. The molecule has 0 radical (unpaired) electrons. The summed E-state index contributed by atoms with van der Waals surface area (Å²) in [6.07, 6.45) is 1.59. The maximum Gasteiger partial charge on any atom is 0.273 e. The van der Waals surface area contributed by atoms with Gasteiger partial charge in [-0.25, -0.2) is 0 Å². The van der Waals surface area contributed by atoms with E-state index in [4.69, 9.17) is 0 Å². The van der Waals surface area contributed by atoms with Crippen LogP contribution >= 0.6 is 15.9 Å². The van der Waals surface area contributed by atoms with Gasteiger partial charge in [0.2, 0.25) is 0 Å². The maximum absolute atomic E-state index is 11.8. The minimum atomic E-state index is -0.165. The molecule has 2 aromatic rings. The highest BCUT2D eigenvalue weighted by molar-refractivity contribution is 9.10. The minimum Gasteiger partial charge on any atom is -0.321 e. The number of carbonyl (C=O) groups is 1. The van der Waals surface area contributed by atoms with Crippen molar-refractivity contribution in [3.05, 3.63) is 46.7 Å². The van der Waals surface area contributed by atoms with Gasteiger partial charge in [-0.15, -0.1) is 0 Å². The number of carbonyl (C=O) groups excluding carboxylic acids is 1. The molecule has 0 saturated heterocycles. The van der Waals surface area contributed by atoms with Gasteiger partial charge in [-0.05, 0) is 30.3 Å². The van der Waals surface area contributed by atoms with E-state index in [2.05, 4.69) is 26.3 Å². The number of hydrogen-bond acceptors (Lipinski definition) is 2. The second-order valence-corrected chi connectivity index (χ2v) is 4.22. The average molecular weight is 280 g/mol. The van der Waals surface area contributed by atoms with Crippen LogP contribution < -0.4 is 5.32 Å². The molecule has 5 heteroatoms. The van der Waals surface area contributed by atoms with Gasteiger partial charge in [-0.1, -0.05) is 15.9 Å². The lowest BCUT2D eigenvalue weighted by Gasteiger charge is -2.05. The Hall–Kier alpha value is -1.62. The third-order valence-corrected chi connectivity index (χ3v) is 2.68. The molecule has 16 heavy (non-hydrogen) atoms. The Bertz CT molecular complexity index is 504. The highest BCUT2D eigenvalue weighted by Gasteiger charge is 2.09. The van der Waals surface area contributed by atoms with Crippen LogP contribution in [0.4, 0.5) is 5.69 Å². The molecule has 0 bridgehead atoms. The van der Waals surface area contributed by atoms with Gasteiger partial charge in [0.15, 0.2) is 0 Å². The molecule has 1 heterocycles. The van der Waals surface area contributed by atoms with Crippen molar-refractivity contribution in [2.75, 3.05) is 5.32 Å². The molecular formula is C11H10BrN3O. The van der Waals surface area contributed by atoms with Crippen molar-refractivity contribution < 1.29 is 4.79 Å². The molecule has 1 aromatic heterocycles. The number of benzene rings is 1. The molecule has 1 aromatic carbocycles. The zero-order valence-electron chi connectivity index (χ0n) is 8.64. The van der Waals surface area contributed by atoms with Gasteiger partial charge >= 0.3 is 0 Å². The van der Waals surface area contributed by atoms with Crippen LogP contribution in [0.25, 0.3) is 0 Å². The zero-order chi connectivity index (χ0) is 11.5. The molecule has 0 spiro atoms.